The lowest BCUT2D eigenvalue weighted by atomic mass is 10.0. The first-order valence-corrected chi connectivity index (χ1v) is 6.77. The first-order valence-electron chi connectivity index (χ1n) is 4.53. The number of ketones is 1. The average molecular weight is 351 g/mol. The van der Waals surface area contributed by atoms with Crippen molar-refractivity contribution in [2.24, 2.45) is 0 Å². The average Bonchev–Trinajstić information content (AvgIpc) is 2.28. The third-order valence-corrected chi connectivity index (χ3v) is 3.07. The van der Waals surface area contributed by atoms with Crippen molar-refractivity contribution in [3.63, 3.8) is 0 Å². The number of carbonyl (C=O) groups is 1. The molecule has 1 aromatic rings. The normalized spacial score (nSPS) is 10.1. The molecule has 0 spiro atoms. The van der Waals surface area contributed by atoms with Gasteiger partial charge in [-0.1, -0.05) is 44.0 Å². The van der Waals surface area contributed by atoms with E-state index in [-0.39, 0.29) is 23.5 Å². The summed E-state index contributed by atoms with van der Waals surface area (Å²) in [6.07, 6.45) is 0.257. The number of halogens is 2. The van der Waals surface area contributed by atoms with E-state index < -0.39 is 4.92 Å². The monoisotopic (exact) mass is 349 g/mol. The smallest absolute Gasteiger partial charge is 0.284 e. The van der Waals surface area contributed by atoms with Crippen LogP contribution in [0.4, 0.5) is 5.69 Å². The molecule has 1 aromatic carbocycles. The number of carbonyl (C=O) groups excluding carboxylic acids is 1. The highest BCUT2D eigenvalue weighted by molar-refractivity contribution is 9.09. The molecule has 0 N–H and O–H groups in total. The Kier molecular flexibility index (Phi) is 5.08. The fourth-order valence-corrected chi connectivity index (χ4v) is 2.17. The zero-order chi connectivity index (χ0) is 12.1. The molecule has 0 atom stereocenters. The van der Waals surface area contributed by atoms with Gasteiger partial charge in [-0.2, -0.15) is 0 Å². The third kappa shape index (κ3) is 2.89. The summed E-state index contributed by atoms with van der Waals surface area (Å²) in [7, 11) is 0. The van der Waals surface area contributed by atoms with Gasteiger partial charge in [-0.25, -0.2) is 0 Å². The van der Waals surface area contributed by atoms with Gasteiger partial charge in [0.25, 0.3) is 5.69 Å². The molecule has 0 fully saturated rings. The largest absolute Gasteiger partial charge is 0.294 e. The number of nitro benzene ring substituents is 1. The van der Waals surface area contributed by atoms with Gasteiger partial charge in [0.15, 0.2) is 5.78 Å². The highest BCUT2D eigenvalue weighted by Gasteiger charge is 2.22. The highest BCUT2D eigenvalue weighted by atomic mass is 79.9. The number of nitro groups is 1. The topological polar surface area (TPSA) is 60.2 Å². The van der Waals surface area contributed by atoms with Crippen LogP contribution in [0.1, 0.15) is 22.3 Å². The van der Waals surface area contributed by atoms with E-state index in [0.29, 0.717) is 16.2 Å². The summed E-state index contributed by atoms with van der Waals surface area (Å²) in [5, 5.41) is 11.8. The van der Waals surface area contributed by atoms with Crippen LogP contribution in [-0.2, 0) is 5.33 Å². The quantitative estimate of drug-likeness (QED) is 0.353. The van der Waals surface area contributed by atoms with Crippen LogP contribution in [-0.4, -0.2) is 16.0 Å². The van der Waals surface area contributed by atoms with E-state index in [2.05, 4.69) is 31.9 Å². The van der Waals surface area contributed by atoms with Crippen molar-refractivity contribution in [2.75, 3.05) is 5.33 Å². The molecule has 0 aliphatic heterocycles. The SMILES string of the molecule is O=C(CCBr)c1cccc(CBr)c1[N+](=O)[O-]. The fourth-order valence-electron chi connectivity index (χ4n) is 1.36. The molecular formula is C10H9Br2NO3. The van der Waals surface area contributed by atoms with Crippen LogP contribution in [0, 0.1) is 10.1 Å². The van der Waals surface area contributed by atoms with Gasteiger partial charge in [0.1, 0.15) is 0 Å². The van der Waals surface area contributed by atoms with Crippen molar-refractivity contribution >= 4 is 43.3 Å². The Morgan fingerprint density at radius 3 is 2.56 bits per heavy atom. The molecule has 4 nitrogen and oxygen atoms in total. The molecule has 0 amide bonds. The number of nitrogens with zero attached hydrogens (tertiary/aromatic N) is 1. The first-order chi connectivity index (χ1) is 7.61. The van der Waals surface area contributed by atoms with Crippen molar-refractivity contribution in [2.45, 2.75) is 11.8 Å². The Hall–Kier alpha value is -0.750. The lowest BCUT2D eigenvalue weighted by Crippen LogP contribution is -2.06. The lowest BCUT2D eigenvalue weighted by molar-refractivity contribution is -0.385. The Bertz CT molecular complexity index is 421. The van der Waals surface area contributed by atoms with Gasteiger partial charge in [-0.05, 0) is 6.07 Å². The van der Waals surface area contributed by atoms with Crippen molar-refractivity contribution in [1.82, 2.24) is 0 Å². The molecule has 0 unspecified atom stereocenters. The van der Waals surface area contributed by atoms with E-state index in [4.69, 9.17) is 0 Å². The molecule has 0 bridgehead atoms. The molecule has 0 saturated carbocycles. The van der Waals surface area contributed by atoms with Crippen LogP contribution in [0.3, 0.4) is 0 Å². The molecule has 0 heterocycles. The van der Waals surface area contributed by atoms with E-state index in [1.54, 1.807) is 12.1 Å². The van der Waals surface area contributed by atoms with E-state index >= 15 is 0 Å². The van der Waals surface area contributed by atoms with Crippen LogP contribution >= 0.6 is 31.9 Å². The first kappa shape index (κ1) is 13.3. The maximum absolute atomic E-state index is 11.7. The van der Waals surface area contributed by atoms with Crippen molar-refractivity contribution in [3.8, 4) is 0 Å². The van der Waals surface area contributed by atoms with Gasteiger partial charge in [-0.15, -0.1) is 0 Å². The predicted octanol–water partition coefficient (Wildman–Crippen LogP) is 3.46. The number of para-hydroxylation sites is 1. The number of alkyl halides is 2. The van der Waals surface area contributed by atoms with E-state index in [1.807, 2.05) is 0 Å². The number of Topliss-reactive ketones (excluding diaryl/α,β-unsaturated/α-hetero) is 1. The van der Waals surface area contributed by atoms with E-state index in [0.717, 1.165) is 0 Å². The molecule has 0 aliphatic carbocycles. The maximum atomic E-state index is 11.7. The standard InChI is InChI=1S/C10H9Br2NO3/c11-5-4-9(14)8-3-1-2-7(6-12)10(8)13(15)16/h1-3H,4-6H2. The number of hydrogen-bond acceptors (Lipinski definition) is 3. The summed E-state index contributed by atoms with van der Waals surface area (Å²) in [6, 6.07) is 4.79. The number of hydrogen-bond donors (Lipinski definition) is 0. The minimum absolute atomic E-state index is 0.0923. The Labute approximate surface area is 109 Å². The highest BCUT2D eigenvalue weighted by Crippen LogP contribution is 2.26. The molecule has 6 heteroatoms. The molecule has 0 saturated heterocycles. The molecular weight excluding hydrogens is 342 g/mol. The molecule has 0 aromatic heterocycles. The van der Waals surface area contributed by atoms with Crippen LogP contribution in [0.15, 0.2) is 18.2 Å². The molecule has 0 aliphatic rings. The van der Waals surface area contributed by atoms with Crippen molar-refractivity contribution in [1.29, 1.82) is 0 Å². The van der Waals surface area contributed by atoms with E-state index in [9.17, 15) is 14.9 Å². The maximum Gasteiger partial charge on any atom is 0.284 e. The molecule has 1 rings (SSSR count). The van der Waals surface area contributed by atoms with Gasteiger partial charge in [0.05, 0.1) is 10.5 Å². The zero-order valence-electron chi connectivity index (χ0n) is 8.28. The summed E-state index contributed by atoms with van der Waals surface area (Å²) in [5.41, 5.74) is 0.608. The summed E-state index contributed by atoms with van der Waals surface area (Å²) in [4.78, 5) is 22.1. The lowest BCUT2D eigenvalue weighted by Gasteiger charge is -2.04. The Morgan fingerprint density at radius 1 is 1.38 bits per heavy atom. The van der Waals surface area contributed by atoms with Gasteiger partial charge in [0, 0.05) is 22.6 Å². The van der Waals surface area contributed by atoms with E-state index in [1.165, 1.54) is 6.07 Å². The van der Waals surface area contributed by atoms with Crippen LogP contribution < -0.4 is 0 Å². The second-order valence-electron chi connectivity index (χ2n) is 3.07. The molecule has 0 radical (unpaired) electrons. The molecule has 86 valence electrons. The minimum Gasteiger partial charge on any atom is -0.294 e. The summed E-state index contributed by atoms with van der Waals surface area (Å²) in [5.74, 6) is -0.216. The fraction of sp³-hybridized carbons (Fsp3) is 0.300. The Balaban J connectivity index is 3.27. The second-order valence-corrected chi connectivity index (χ2v) is 4.42. The minimum atomic E-state index is -0.502. The van der Waals surface area contributed by atoms with Gasteiger partial charge >= 0.3 is 0 Å². The van der Waals surface area contributed by atoms with Gasteiger partial charge in [0.2, 0.25) is 0 Å². The van der Waals surface area contributed by atoms with Crippen molar-refractivity contribution < 1.29 is 9.72 Å². The van der Waals surface area contributed by atoms with Crippen LogP contribution in [0.2, 0.25) is 0 Å². The third-order valence-electron chi connectivity index (χ3n) is 2.07. The van der Waals surface area contributed by atoms with Gasteiger partial charge < -0.3 is 0 Å². The van der Waals surface area contributed by atoms with Crippen LogP contribution in [0.5, 0.6) is 0 Å². The number of benzene rings is 1. The summed E-state index contributed by atoms with van der Waals surface area (Å²) < 4.78 is 0. The van der Waals surface area contributed by atoms with Crippen molar-refractivity contribution in [3.05, 3.63) is 39.4 Å². The van der Waals surface area contributed by atoms with Crippen LogP contribution in [0.25, 0.3) is 0 Å². The predicted molar refractivity (Wildman–Crippen MR) is 68.5 cm³/mol. The van der Waals surface area contributed by atoms with Gasteiger partial charge in [-0.3, -0.25) is 14.9 Å². The molecule has 16 heavy (non-hydrogen) atoms. The Morgan fingerprint density at radius 2 is 2.06 bits per heavy atom. The summed E-state index contributed by atoms with van der Waals surface area (Å²) >= 11 is 6.32. The summed E-state index contributed by atoms with van der Waals surface area (Å²) in [6.45, 7) is 0. The zero-order valence-corrected chi connectivity index (χ0v) is 11.5. The number of rotatable bonds is 5. The second kappa shape index (κ2) is 6.10.